The number of rotatable bonds is 7. The largest absolute Gasteiger partial charge is 0.450 e. The highest BCUT2D eigenvalue weighted by Crippen LogP contribution is 2.27. The van der Waals surface area contributed by atoms with Crippen LogP contribution in [-0.4, -0.2) is 91.7 Å². The summed E-state index contributed by atoms with van der Waals surface area (Å²) in [7, 11) is 0. The lowest BCUT2D eigenvalue weighted by Gasteiger charge is -2.28. The number of nitrogens with one attached hydrogen (secondary N) is 5. The summed E-state index contributed by atoms with van der Waals surface area (Å²) in [6, 6.07) is 14.6. The second-order valence-corrected chi connectivity index (χ2v) is 12.1. The Morgan fingerprint density at radius 3 is 2.40 bits per heavy atom. The highest BCUT2D eigenvalue weighted by atomic mass is 16.5. The molecule has 0 saturated carbocycles. The van der Waals surface area contributed by atoms with Crippen LogP contribution in [0.15, 0.2) is 48.5 Å². The van der Waals surface area contributed by atoms with Gasteiger partial charge in [-0.05, 0) is 67.7 Å². The number of amides is 5. The zero-order valence-electron chi connectivity index (χ0n) is 26.9. The predicted octanol–water partition coefficient (Wildman–Crippen LogP) is 1.67. The maximum absolute atomic E-state index is 14.0. The minimum Gasteiger partial charge on any atom is -0.450 e. The summed E-state index contributed by atoms with van der Waals surface area (Å²) < 4.78 is 5.24. The molecule has 254 valence electrons. The lowest BCUT2D eigenvalue weighted by Crippen LogP contribution is -2.54. The normalized spacial score (nSPS) is 22.0. The van der Waals surface area contributed by atoms with Crippen LogP contribution in [0.3, 0.4) is 0 Å². The standard InChI is InChI=1S/C34H46N6O7/c1-23-7-2-3-8-26(23)25-13-11-24(12-14-25)21-28-27(32(43)39-46)9-6-20-47-34(45)36-15-5-4-10-29(37-31(28)42)33(44)38-30(41)22-40-18-16-35-17-19-40/h2-3,7-8,11-14,27-29,35,46H,4-6,9-10,15-22H2,1H3,(H,36,45)(H,37,42)(H,39,43)(H,38,41,44)/t27?,28-,29?/m1/s1. The molecule has 2 saturated heterocycles. The lowest BCUT2D eigenvalue weighted by molar-refractivity contribution is -0.141. The van der Waals surface area contributed by atoms with Gasteiger partial charge in [-0.1, -0.05) is 48.5 Å². The number of hydroxylamine groups is 1. The first-order valence-electron chi connectivity index (χ1n) is 16.3. The molecule has 6 N–H and O–H groups in total. The van der Waals surface area contributed by atoms with Crippen molar-refractivity contribution in [2.45, 2.75) is 51.5 Å². The summed E-state index contributed by atoms with van der Waals surface area (Å²) in [5, 5.41) is 20.8. The Balaban J connectivity index is 1.57. The number of cyclic esters (lactones) is 1. The summed E-state index contributed by atoms with van der Waals surface area (Å²) in [5.41, 5.74) is 5.66. The van der Waals surface area contributed by atoms with E-state index in [2.05, 4.69) is 21.3 Å². The van der Waals surface area contributed by atoms with E-state index in [4.69, 9.17) is 4.74 Å². The number of hydrogen-bond donors (Lipinski definition) is 6. The topological polar surface area (TPSA) is 178 Å². The first kappa shape index (κ1) is 35.5. The van der Waals surface area contributed by atoms with Gasteiger partial charge in [0, 0.05) is 32.7 Å². The number of alkyl carbamates (subject to hydrolysis) is 1. The van der Waals surface area contributed by atoms with Crippen molar-refractivity contribution in [3.8, 4) is 11.1 Å². The molecule has 2 aliphatic heterocycles. The van der Waals surface area contributed by atoms with E-state index in [0.717, 1.165) is 35.3 Å². The molecule has 3 atom stereocenters. The molecule has 2 unspecified atom stereocenters. The summed E-state index contributed by atoms with van der Waals surface area (Å²) >= 11 is 0. The zero-order chi connectivity index (χ0) is 33.6. The van der Waals surface area contributed by atoms with Crippen molar-refractivity contribution in [1.29, 1.82) is 0 Å². The van der Waals surface area contributed by atoms with Crippen LogP contribution in [-0.2, 0) is 30.3 Å². The van der Waals surface area contributed by atoms with Gasteiger partial charge >= 0.3 is 6.09 Å². The van der Waals surface area contributed by atoms with Gasteiger partial charge in [-0.2, -0.15) is 0 Å². The number of piperazine rings is 1. The van der Waals surface area contributed by atoms with E-state index in [1.165, 1.54) is 0 Å². The minimum atomic E-state index is -1.06. The summed E-state index contributed by atoms with van der Waals surface area (Å²) in [6.45, 7) is 5.26. The van der Waals surface area contributed by atoms with Gasteiger partial charge in [0.25, 0.3) is 0 Å². The fraction of sp³-hybridized carbons (Fsp3) is 0.500. The van der Waals surface area contributed by atoms with E-state index in [1.807, 2.05) is 60.4 Å². The molecule has 0 aromatic heterocycles. The number of aryl methyl sites for hydroxylation is 1. The smallest absolute Gasteiger partial charge is 0.407 e. The molecular formula is C34H46N6O7. The lowest BCUT2D eigenvalue weighted by atomic mass is 9.82. The van der Waals surface area contributed by atoms with Crippen LogP contribution in [0.4, 0.5) is 4.79 Å². The molecule has 4 rings (SSSR count). The molecule has 13 nitrogen and oxygen atoms in total. The molecule has 2 aromatic carbocycles. The molecule has 2 heterocycles. The van der Waals surface area contributed by atoms with Gasteiger partial charge in [0.2, 0.25) is 23.6 Å². The highest BCUT2D eigenvalue weighted by Gasteiger charge is 2.36. The predicted molar refractivity (Wildman–Crippen MR) is 174 cm³/mol. The van der Waals surface area contributed by atoms with Crippen LogP contribution in [0.25, 0.3) is 11.1 Å². The van der Waals surface area contributed by atoms with Crippen molar-refractivity contribution in [2.75, 3.05) is 45.9 Å². The molecular weight excluding hydrogens is 604 g/mol. The van der Waals surface area contributed by atoms with Gasteiger partial charge in [-0.25, -0.2) is 10.3 Å². The van der Waals surface area contributed by atoms with Gasteiger partial charge in [0.15, 0.2) is 0 Å². The fourth-order valence-corrected chi connectivity index (χ4v) is 6.05. The average molecular weight is 651 g/mol. The van der Waals surface area contributed by atoms with Gasteiger partial charge in [-0.15, -0.1) is 0 Å². The SMILES string of the molecule is Cc1ccccc1-c1ccc(C[C@H]2C(=O)NC(C(=O)NC(=O)CN3CCNCC3)CCCCNC(=O)OCCCC2C(=O)NO)cc1. The van der Waals surface area contributed by atoms with E-state index in [9.17, 15) is 29.2 Å². The molecule has 5 amide bonds. The van der Waals surface area contributed by atoms with Gasteiger partial charge in [0.1, 0.15) is 6.04 Å². The Bertz CT molecular complexity index is 1380. The second-order valence-electron chi connectivity index (χ2n) is 12.1. The Hall–Kier alpha value is -4.33. The third-order valence-electron chi connectivity index (χ3n) is 8.69. The van der Waals surface area contributed by atoms with Crippen LogP contribution in [0, 0.1) is 18.8 Å². The number of imide groups is 1. The van der Waals surface area contributed by atoms with Crippen LogP contribution >= 0.6 is 0 Å². The second kappa shape index (κ2) is 18.1. The number of hydrogen-bond acceptors (Lipinski definition) is 9. The maximum atomic E-state index is 14.0. The van der Waals surface area contributed by atoms with Crippen molar-refractivity contribution in [1.82, 2.24) is 31.6 Å². The molecule has 2 aromatic rings. The maximum Gasteiger partial charge on any atom is 0.407 e. The van der Waals surface area contributed by atoms with Crippen molar-refractivity contribution in [2.24, 2.45) is 11.8 Å². The summed E-state index contributed by atoms with van der Waals surface area (Å²) in [4.78, 5) is 67.3. The highest BCUT2D eigenvalue weighted by molar-refractivity contribution is 6.00. The Morgan fingerprint density at radius 2 is 1.68 bits per heavy atom. The van der Waals surface area contributed by atoms with E-state index in [-0.39, 0.29) is 38.8 Å². The molecule has 0 bridgehead atoms. The molecule has 13 heteroatoms. The van der Waals surface area contributed by atoms with Crippen molar-refractivity contribution >= 4 is 29.7 Å². The van der Waals surface area contributed by atoms with Crippen molar-refractivity contribution < 1.29 is 33.9 Å². The number of ether oxygens (including phenoxy) is 1. The van der Waals surface area contributed by atoms with E-state index in [1.54, 1.807) is 5.48 Å². The van der Waals surface area contributed by atoms with Crippen LogP contribution in [0.2, 0.25) is 0 Å². The van der Waals surface area contributed by atoms with Gasteiger partial charge in [-0.3, -0.25) is 34.6 Å². The molecule has 2 fully saturated rings. The van der Waals surface area contributed by atoms with Crippen LogP contribution < -0.4 is 26.7 Å². The molecule has 0 aliphatic carbocycles. The minimum absolute atomic E-state index is 0.0146. The molecule has 0 spiro atoms. The number of nitrogens with zero attached hydrogens (tertiary/aromatic N) is 1. The molecule has 2 aliphatic rings. The molecule has 47 heavy (non-hydrogen) atoms. The van der Waals surface area contributed by atoms with Crippen molar-refractivity contribution in [3.05, 3.63) is 59.7 Å². The summed E-state index contributed by atoms with van der Waals surface area (Å²) in [5.74, 6) is -4.42. The first-order chi connectivity index (χ1) is 22.7. The number of benzene rings is 2. The average Bonchev–Trinajstić information content (AvgIpc) is 3.07. The van der Waals surface area contributed by atoms with Crippen LogP contribution in [0.1, 0.15) is 43.2 Å². The Kier molecular flexibility index (Phi) is 13.7. The number of carbonyl (C=O) groups is 5. The quantitative estimate of drug-likeness (QED) is 0.192. The Morgan fingerprint density at radius 1 is 0.936 bits per heavy atom. The van der Waals surface area contributed by atoms with E-state index >= 15 is 0 Å². The van der Waals surface area contributed by atoms with Gasteiger partial charge < -0.3 is 20.7 Å². The van der Waals surface area contributed by atoms with Crippen LogP contribution in [0.5, 0.6) is 0 Å². The van der Waals surface area contributed by atoms with E-state index in [0.29, 0.717) is 32.5 Å². The fourth-order valence-electron chi connectivity index (χ4n) is 6.05. The summed E-state index contributed by atoms with van der Waals surface area (Å²) in [6.07, 6.45) is 1.08. The van der Waals surface area contributed by atoms with E-state index < -0.39 is 47.6 Å². The zero-order valence-corrected chi connectivity index (χ0v) is 26.9. The monoisotopic (exact) mass is 650 g/mol. The molecule has 0 radical (unpaired) electrons. The third-order valence-corrected chi connectivity index (χ3v) is 8.69. The number of carbonyl (C=O) groups excluding carboxylic acids is 5. The first-order valence-corrected chi connectivity index (χ1v) is 16.3. The van der Waals surface area contributed by atoms with Crippen molar-refractivity contribution in [3.63, 3.8) is 0 Å². The third kappa shape index (κ3) is 10.9. The Labute approximate surface area is 275 Å². The van der Waals surface area contributed by atoms with Gasteiger partial charge in [0.05, 0.1) is 25.0 Å².